The monoisotopic (exact) mass is 391 g/mol. The molecule has 0 spiro atoms. The van der Waals surface area contributed by atoms with Crippen LogP contribution in [0.25, 0.3) is 0 Å². The molecule has 3 aromatic carbocycles. The molecule has 1 N–H and O–H groups in total. The maximum absolute atomic E-state index is 12.3. The highest BCUT2D eigenvalue weighted by Crippen LogP contribution is 2.20. The van der Waals surface area contributed by atoms with E-state index in [4.69, 9.17) is 0 Å². The van der Waals surface area contributed by atoms with Crippen molar-refractivity contribution in [3.05, 3.63) is 92.2 Å². The molecule has 0 radical (unpaired) electrons. The van der Waals surface area contributed by atoms with Gasteiger partial charge in [-0.05, 0) is 38.1 Å². The number of likely N-dealkylation sites (N-methyl/N-ethyl adjacent to an activating group) is 2. The van der Waals surface area contributed by atoms with Crippen molar-refractivity contribution in [2.75, 3.05) is 44.4 Å². The van der Waals surface area contributed by atoms with E-state index in [0.29, 0.717) is 24.5 Å². The van der Waals surface area contributed by atoms with Crippen molar-refractivity contribution in [2.45, 2.75) is 18.9 Å². The van der Waals surface area contributed by atoms with Gasteiger partial charge in [-0.15, -0.1) is 0 Å². The van der Waals surface area contributed by atoms with Crippen LogP contribution in [0, 0.1) is 0 Å². The van der Waals surface area contributed by atoms with E-state index < -0.39 is 10.9 Å². The molecule has 1 unspecified atom stereocenters. The van der Waals surface area contributed by atoms with Crippen LogP contribution >= 0.6 is 0 Å². The first-order chi connectivity index (χ1) is 14.0. The molecule has 0 aromatic heterocycles. The summed E-state index contributed by atoms with van der Waals surface area (Å²) in [4.78, 5) is 28.5. The largest absolute Gasteiger partial charge is 0.380 e. The van der Waals surface area contributed by atoms with E-state index in [1.807, 2.05) is 62.4 Å². The topological polar surface area (TPSA) is 52.6 Å². The van der Waals surface area contributed by atoms with Gasteiger partial charge in [0.05, 0.1) is 0 Å². The Labute approximate surface area is 172 Å². The predicted octanol–water partition coefficient (Wildman–Crippen LogP) is 2.55. The molecule has 0 saturated heterocycles. The van der Waals surface area contributed by atoms with Crippen LogP contribution < -0.4 is 21.1 Å². The third-order valence-corrected chi connectivity index (χ3v) is 5.35. The van der Waals surface area contributed by atoms with Gasteiger partial charge in [0, 0.05) is 26.2 Å². The highest BCUT2D eigenvalue weighted by Gasteiger charge is 2.26. The van der Waals surface area contributed by atoms with Crippen LogP contribution in [0.4, 0.5) is 11.4 Å². The molecule has 0 aliphatic carbocycles. The van der Waals surface area contributed by atoms with E-state index in [2.05, 4.69) is 34.5 Å². The van der Waals surface area contributed by atoms with Gasteiger partial charge in [0.25, 0.3) is 10.9 Å². The molecule has 29 heavy (non-hydrogen) atoms. The summed E-state index contributed by atoms with van der Waals surface area (Å²) in [6.45, 7) is 1.29. The van der Waals surface area contributed by atoms with Crippen LogP contribution in [0.5, 0.6) is 0 Å². The lowest BCUT2D eigenvalue weighted by atomic mass is 10.0. The molecular formula is C24H29N3O2. The lowest BCUT2D eigenvalue weighted by Crippen LogP contribution is -2.46. The number of benzene rings is 2. The Morgan fingerprint density at radius 1 is 0.828 bits per heavy atom. The van der Waals surface area contributed by atoms with E-state index in [1.54, 1.807) is 0 Å². The third kappa shape index (κ3) is 5.12. The van der Waals surface area contributed by atoms with Crippen molar-refractivity contribution >= 4 is 11.4 Å². The second-order valence-electron chi connectivity index (χ2n) is 7.73. The van der Waals surface area contributed by atoms with Crippen molar-refractivity contribution in [1.29, 1.82) is 0 Å². The van der Waals surface area contributed by atoms with Crippen molar-refractivity contribution in [3.63, 3.8) is 0 Å². The molecule has 5 heteroatoms. The molecular weight excluding hydrogens is 362 g/mol. The van der Waals surface area contributed by atoms with Gasteiger partial charge >= 0.3 is 0 Å². The first-order valence-corrected chi connectivity index (χ1v) is 10.00. The summed E-state index contributed by atoms with van der Waals surface area (Å²) in [5.74, 6) is 0. The molecule has 0 heterocycles. The molecule has 0 saturated carbocycles. The molecule has 0 aliphatic rings. The molecule has 0 bridgehead atoms. The fraction of sp³-hybridized carbons (Fsp3) is 0.333. The minimum absolute atomic E-state index is 0.226. The zero-order chi connectivity index (χ0) is 20.8. The zero-order valence-corrected chi connectivity index (χ0v) is 17.4. The van der Waals surface area contributed by atoms with Gasteiger partial charge in [0.2, 0.25) is 0 Å². The first kappa shape index (κ1) is 20.8. The Morgan fingerprint density at radius 3 is 2.00 bits per heavy atom. The first-order valence-electron chi connectivity index (χ1n) is 10.00. The second-order valence-corrected chi connectivity index (χ2v) is 7.73. The van der Waals surface area contributed by atoms with Gasteiger partial charge in [0.1, 0.15) is 11.4 Å². The number of nitrogens with one attached hydrogen (secondary N) is 1. The molecule has 0 fully saturated rings. The standard InChI is InChI=1S/C24H29N3O2/c1-26(2)20(16-19-12-8-5-9-13-19)17-27(3)22-21(23(28)24(22)29)25-15-14-18-10-6-4-7-11-18/h4-13,20,25H,14-17H2,1-3H3. The third-order valence-electron chi connectivity index (χ3n) is 5.35. The summed E-state index contributed by atoms with van der Waals surface area (Å²) in [7, 11) is 5.98. The molecule has 3 aromatic rings. The Morgan fingerprint density at radius 2 is 1.41 bits per heavy atom. The van der Waals surface area contributed by atoms with E-state index in [1.165, 1.54) is 11.1 Å². The van der Waals surface area contributed by atoms with Gasteiger partial charge < -0.3 is 15.1 Å². The van der Waals surface area contributed by atoms with Crippen LogP contribution in [0.15, 0.2) is 70.3 Å². The number of nitrogens with zero attached hydrogens (tertiary/aromatic N) is 2. The average Bonchev–Trinajstić information content (AvgIpc) is 2.73. The van der Waals surface area contributed by atoms with Crippen LogP contribution in [0.3, 0.4) is 0 Å². The van der Waals surface area contributed by atoms with Crippen molar-refractivity contribution < 1.29 is 0 Å². The maximum atomic E-state index is 12.3. The Hall–Kier alpha value is -2.92. The molecule has 5 nitrogen and oxygen atoms in total. The average molecular weight is 392 g/mol. The fourth-order valence-corrected chi connectivity index (χ4v) is 3.59. The SMILES string of the molecule is CN(CC(Cc1ccccc1)N(C)C)c1c(NCCc2ccccc2)c(=O)c1=O. The summed E-state index contributed by atoms with van der Waals surface area (Å²) in [5, 5.41) is 3.18. The number of hydrogen-bond donors (Lipinski definition) is 1. The molecule has 0 amide bonds. The maximum Gasteiger partial charge on any atom is 0.253 e. The Balaban J connectivity index is 1.65. The second kappa shape index (κ2) is 9.52. The van der Waals surface area contributed by atoms with Gasteiger partial charge in [-0.3, -0.25) is 9.59 Å². The van der Waals surface area contributed by atoms with Gasteiger partial charge in [-0.2, -0.15) is 0 Å². The van der Waals surface area contributed by atoms with E-state index >= 15 is 0 Å². The minimum atomic E-state index is -0.413. The van der Waals surface area contributed by atoms with Gasteiger partial charge in [0.15, 0.2) is 0 Å². The van der Waals surface area contributed by atoms with Gasteiger partial charge in [-0.25, -0.2) is 0 Å². The molecule has 1 atom stereocenters. The van der Waals surface area contributed by atoms with Crippen LogP contribution in [-0.4, -0.2) is 45.2 Å². The van der Waals surface area contributed by atoms with Crippen molar-refractivity contribution in [3.8, 4) is 0 Å². The molecule has 0 aliphatic heterocycles. The van der Waals surface area contributed by atoms with E-state index in [0.717, 1.165) is 12.8 Å². The van der Waals surface area contributed by atoms with Crippen LogP contribution in [0.1, 0.15) is 11.1 Å². The fourth-order valence-electron chi connectivity index (χ4n) is 3.59. The normalized spacial score (nSPS) is 12.3. The summed E-state index contributed by atoms with van der Waals surface area (Å²) in [6, 6.07) is 20.6. The lowest BCUT2D eigenvalue weighted by Gasteiger charge is -2.31. The van der Waals surface area contributed by atoms with Crippen LogP contribution in [0.2, 0.25) is 0 Å². The molecule has 3 rings (SSSR count). The summed E-state index contributed by atoms with van der Waals surface area (Å²) in [6.07, 6.45) is 1.68. The minimum Gasteiger partial charge on any atom is -0.380 e. The lowest BCUT2D eigenvalue weighted by molar-refractivity contribution is 0.295. The summed E-state index contributed by atoms with van der Waals surface area (Å²) < 4.78 is 0. The molecule has 152 valence electrons. The highest BCUT2D eigenvalue weighted by molar-refractivity contribution is 5.75. The van der Waals surface area contributed by atoms with Crippen LogP contribution in [-0.2, 0) is 12.8 Å². The number of rotatable bonds is 10. The number of hydrogen-bond acceptors (Lipinski definition) is 5. The highest BCUT2D eigenvalue weighted by atomic mass is 16.2. The predicted molar refractivity (Wildman–Crippen MR) is 121 cm³/mol. The summed E-state index contributed by atoms with van der Waals surface area (Å²) >= 11 is 0. The smallest absolute Gasteiger partial charge is 0.253 e. The number of anilines is 2. The zero-order valence-electron chi connectivity index (χ0n) is 17.4. The van der Waals surface area contributed by atoms with E-state index in [9.17, 15) is 9.59 Å². The quantitative estimate of drug-likeness (QED) is 0.539. The van der Waals surface area contributed by atoms with Gasteiger partial charge in [-0.1, -0.05) is 60.7 Å². The van der Waals surface area contributed by atoms with E-state index in [-0.39, 0.29) is 6.04 Å². The Kier molecular flexibility index (Phi) is 6.83. The van der Waals surface area contributed by atoms with Crippen molar-refractivity contribution in [2.24, 2.45) is 0 Å². The summed E-state index contributed by atoms with van der Waals surface area (Å²) in [5.41, 5.74) is 2.60. The Bertz CT molecular complexity index is 977. The van der Waals surface area contributed by atoms with Crippen molar-refractivity contribution in [1.82, 2.24) is 4.90 Å².